The number of rotatable bonds is 4. The van der Waals surface area contributed by atoms with E-state index in [0.29, 0.717) is 0 Å². The van der Waals surface area contributed by atoms with Crippen LogP contribution >= 0.6 is 22.7 Å². The summed E-state index contributed by atoms with van der Waals surface area (Å²) in [7, 11) is 0. The highest BCUT2D eigenvalue weighted by atomic mass is 32.1. The Morgan fingerprint density at radius 3 is 1.48 bits per heavy atom. The molecule has 0 bridgehead atoms. The van der Waals surface area contributed by atoms with E-state index in [0.717, 1.165) is 0 Å². The first-order valence-electron chi connectivity index (χ1n) is 9.02. The molecule has 0 amide bonds. The van der Waals surface area contributed by atoms with Crippen LogP contribution in [-0.2, 0) is 10.8 Å². The zero-order valence-corrected chi connectivity index (χ0v) is 17.8. The van der Waals surface area contributed by atoms with Crippen molar-refractivity contribution in [2.75, 3.05) is 0 Å². The Kier molecular flexibility index (Phi) is 4.96. The zero-order chi connectivity index (χ0) is 18.2. The van der Waals surface area contributed by atoms with Gasteiger partial charge < -0.3 is 0 Å². The fourth-order valence-electron chi connectivity index (χ4n) is 2.73. The van der Waals surface area contributed by atoms with Gasteiger partial charge in [0.1, 0.15) is 0 Å². The maximum atomic E-state index is 2.33. The van der Waals surface area contributed by atoms with Gasteiger partial charge in [0.05, 0.1) is 0 Å². The van der Waals surface area contributed by atoms with Crippen molar-refractivity contribution in [2.24, 2.45) is 0 Å². The monoisotopic (exact) mass is 368 g/mol. The fraction of sp³-hybridized carbons (Fsp3) is 0.391. The third-order valence-corrected chi connectivity index (χ3v) is 8.02. The van der Waals surface area contributed by atoms with E-state index >= 15 is 0 Å². The van der Waals surface area contributed by atoms with E-state index in [4.69, 9.17) is 0 Å². The lowest BCUT2D eigenvalue weighted by Crippen LogP contribution is -2.12. The van der Waals surface area contributed by atoms with Gasteiger partial charge in [0, 0.05) is 19.5 Å². The summed E-state index contributed by atoms with van der Waals surface area (Å²) in [5.74, 6) is 0. The van der Waals surface area contributed by atoms with Crippen LogP contribution in [0.3, 0.4) is 0 Å². The molecule has 0 saturated carbocycles. The second-order valence-electron chi connectivity index (χ2n) is 8.39. The minimum absolute atomic E-state index is 0.225. The van der Waals surface area contributed by atoms with E-state index in [-0.39, 0.29) is 10.8 Å². The summed E-state index contributed by atoms with van der Waals surface area (Å²) in [5, 5.41) is 0. The zero-order valence-electron chi connectivity index (χ0n) is 16.1. The Hall–Kier alpha value is -1.38. The number of benzene rings is 1. The lowest BCUT2D eigenvalue weighted by atomic mass is 9.89. The van der Waals surface area contributed by atoms with Crippen molar-refractivity contribution in [3.8, 4) is 20.9 Å². The minimum atomic E-state index is 0.225. The van der Waals surface area contributed by atoms with E-state index < -0.39 is 0 Å². The van der Waals surface area contributed by atoms with Crippen molar-refractivity contribution < 1.29 is 0 Å². The molecule has 0 spiro atoms. The Labute approximate surface area is 160 Å². The molecule has 0 aliphatic rings. The molecule has 0 radical (unpaired) electrons. The normalized spacial score (nSPS) is 12.6. The summed E-state index contributed by atoms with van der Waals surface area (Å²) in [6, 6.07) is 18.2. The first-order valence-corrected chi connectivity index (χ1v) is 10.7. The molecule has 3 rings (SSSR count). The standard InChI is InChI=1S/C23H28S2/c1-7-23(5,6)21-15-13-19(25-21)17-10-8-16(9-11-17)18-12-14-20(24-18)22(2,3)4/h8-15H,7H2,1-6H3. The van der Waals surface area contributed by atoms with Gasteiger partial charge in [-0.15, -0.1) is 22.7 Å². The van der Waals surface area contributed by atoms with Crippen LogP contribution in [0.25, 0.3) is 20.9 Å². The lowest BCUT2D eigenvalue weighted by Gasteiger charge is -2.20. The van der Waals surface area contributed by atoms with Gasteiger partial charge in [0.2, 0.25) is 0 Å². The molecule has 1 aromatic carbocycles. The van der Waals surface area contributed by atoms with E-state index in [2.05, 4.69) is 90.1 Å². The molecule has 2 heterocycles. The molecule has 0 aliphatic carbocycles. The van der Waals surface area contributed by atoms with Crippen LogP contribution in [0.2, 0.25) is 0 Å². The predicted molar refractivity (Wildman–Crippen MR) is 115 cm³/mol. The predicted octanol–water partition coefficient (Wildman–Crippen LogP) is 8.13. The van der Waals surface area contributed by atoms with E-state index in [1.54, 1.807) is 0 Å². The van der Waals surface area contributed by atoms with Gasteiger partial charge in [-0.1, -0.05) is 65.8 Å². The summed E-state index contributed by atoms with van der Waals surface area (Å²) in [6.45, 7) is 13.7. The minimum Gasteiger partial charge on any atom is -0.140 e. The summed E-state index contributed by atoms with van der Waals surface area (Å²) in [5.41, 5.74) is 3.13. The average molecular weight is 369 g/mol. The van der Waals surface area contributed by atoms with Crippen LogP contribution in [0, 0.1) is 0 Å². The van der Waals surface area contributed by atoms with Crippen LogP contribution < -0.4 is 0 Å². The quantitative estimate of drug-likeness (QED) is 0.436. The molecule has 0 unspecified atom stereocenters. The summed E-state index contributed by atoms with van der Waals surface area (Å²) < 4.78 is 0. The van der Waals surface area contributed by atoms with Crippen LogP contribution in [-0.4, -0.2) is 0 Å². The number of thiophene rings is 2. The van der Waals surface area contributed by atoms with Crippen molar-refractivity contribution in [2.45, 2.75) is 58.8 Å². The molecule has 0 aliphatic heterocycles. The van der Waals surface area contributed by atoms with E-state index in [1.807, 2.05) is 22.7 Å². The van der Waals surface area contributed by atoms with Gasteiger partial charge in [-0.25, -0.2) is 0 Å². The maximum absolute atomic E-state index is 2.33. The van der Waals surface area contributed by atoms with Crippen LogP contribution in [0.15, 0.2) is 48.5 Å². The third kappa shape index (κ3) is 3.91. The van der Waals surface area contributed by atoms with Crippen LogP contribution in [0.5, 0.6) is 0 Å². The molecule has 2 aromatic heterocycles. The lowest BCUT2D eigenvalue weighted by molar-refractivity contribution is 0.517. The molecule has 3 aromatic rings. The van der Waals surface area contributed by atoms with Crippen molar-refractivity contribution in [3.05, 3.63) is 58.3 Å². The van der Waals surface area contributed by atoms with E-state index in [1.165, 1.54) is 37.1 Å². The highest BCUT2D eigenvalue weighted by Gasteiger charge is 2.20. The van der Waals surface area contributed by atoms with Crippen molar-refractivity contribution in [3.63, 3.8) is 0 Å². The third-order valence-electron chi connectivity index (χ3n) is 4.96. The Bertz CT molecular complexity index is 839. The van der Waals surface area contributed by atoms with Gasteiger partial charge in [-0.3, -0.25) is 0 Å². The van der Waals surface area contributed by atoms with Crippen molar-refractivity contribution in [1.29, 1.82) is 0 Å². The highest BCUT2D eigenvalue weighted by molar-refractivity contribution is 7.16. The number of hydrogen-bond donors (Lipinski definition) is 0. The first kappa shape index (κ1) is 18.4. The molecule has 25 heavy (non-hydrogen) atoms. The second kappa shape index (κ2) is 6.74. The molecular weight excluding hydrogens is 340 g/mol. The number of hydrogen-bond acceptors (Lipinski definition) is 2. The molecule has 0 atom stereocenters. The first-order chi connectivity index (χ1) is 11.7. The van der Waals surface area contributed by atoms with Crippen molar-refractivity contribution in [1.82, 2.24) is 0 Å². The second-order valence-corrected chi connectivity index (χ2v) is 10.6. The summed E-state index contributed by atoms with van der Waals surface area (Å²) in [4.78, 5) is 5.64. The molecular formula is C23H28S2. The van der Waals surface area contributed by atoms with Crippen LogP contribution in [0.4, 0.5) is 0 Å². The molecule has 0 fully saturated rings. The molecule has 0 nitrogen and oxygen atoms in total. The van der Waals surface area contributed by atoms with Gasteiger partial charge >= 0.3 is 0 Å². The molecule has 0 saturated heterocycles. The Morgan fingerprint density at radius 2 is 1.08 bits per heavy atom. The van der Waals surface area contributed by atoms with E-state index in [9.17, 15) is 0 Å². The van der Waals surface area contributed by atoms with Gasteiger partial charge in [-0.2, -0.15) is 0 Å². The molecule has 0 N–H and O–H groups in total. The maximum Gasteiger partial charge on any atom is 0.0345 e. The smallest absolute Gasteiger partial charge is 0.0345 e. The Balaban J connectivity index is 1.85. The topological polar surface area (TPSA) is 0 Å². The summed E-state index contributed by atoms with van der Waals surface area (Å²) in [6.07, 6.45) is 1.17. The van der Waals surface area contributed by atoms with Crippen molar-refractivity contribution >= 4 is 22.7 Å². The summed E-state index contributed by atoms with van der Waals surface area (Å²) >= 11 is 3.84. The van der Waals surface area contributed by atoms with Gasteiger partial charge in [-0.05, 0) is 52.6 Å². The Morgan fingerprint density at radius 1 is 0.640 bits per heavy atom. The largest absolute Gasteiger partial charge is 0.140 e. The molecule has 132 valence electrons. The highest BCUT2D eigenvalue weighted by Crippen LogP contribution is 2.39. The SMILES string of the molecule is CCC(C)(C)c1ccc(-c2ccc(-c3ccc(C(C)(C)C)s3)cc2)s1. The fourth-order valence-corrected chi connectivity index (χ4v) is 4.98. The average Bonchev–Trinajstić information content (AvgIpc) is 3.24. The van der Waals surface area contributed by atoms with Gasteiger partial charge in [0.25, 0.3) is 0 Å². The van der Waals surface area contributed by atoms with Gasteiger partial charge in [0.15, 0.2) is 0 Å². The van der Waals surface area contributed by atoms with Crippen LogP contribution in [0.1, 0.15) is 57.7 Å². The molecule has 2 heteroatoms.